The first-order valence-corrected chi connectivity index (χ1v) is 32.8. The summed E-state index contributed by atoms with van der Waals surface area (Å²) in [4.78, 5) is 22.8. The molecule has 0 aliphatic heterocycles. The normalized spacial score (nSPS) is 11.3. The highest BCUT2D eigenvalue weighted by Gasteiger charge is 2.21. The molecule has 7 heteroatoms. The highest BCUT2D eigenvalue weighted by atomic mass is 16.3. The maximum absolute atomic E-state index is 6.32. The van der Waals surface area contributed by atoms with Crippen LogP contribution in [0.15, 0.2) is 360 Å². The minimum atomic E-state index is 0.893. The van der Waals surface area contributed by atoms with Crippen LogP contribution >= 0.6 is 0 Å². The number of benzene rings is 17. The molecule has 0 aliphatic rings. The van der Waals surface area contributed by atoms with E-state index < -0.39 is 0 Å². The molecule has 0 radical (unpaired) electrons. The predicted molar refractivity (Wildman–Crippen MR) is 413 cm³/mol. The van der Waals surface area contributed by atoms with Crippen molar-refractivity contribution < 1.29 is 8.83 Å². The third-order valence-electron chi connectivity index (χ3n) is 18.5. The Balaban J connectivity index is 0.0000000938. The summed E-state index contributed by atoms with van der Waals surface area (Å²) in [5.74, 6) is 0. The molecule has 17 aromatic carbocycles. The summed E-state index contributed by atoms with van der Waals surface area (Å²) >= 11 is 0. The molecule has 0 fully saturated rings. The first-order chi connectivity index (χ1) is 48.6. The van der Waals surface area contributed by atoms with Crippen molar-refractivity contribution in [1.29, 1.82) is 0 Å². The summed E-state index contributed by atoms with van der Waals surface area (Å²) in [7, 11) is 0. The number of aliphatic imine (C=N–C) groups is 1. The van der Waals surface area contributed by atoms with E-state index in [1.807, 2.05) is 85.1 Å². The van der Waals surface area contributed by atoms with Gasteiger partial charge in [0.05, 0.1) is 39.6 Å². The van der Waals surface area contributed by atoms with Crippen molar-refractivity contribution >= 4 is 165 Å². The molecule has 4 heterocycles. The predicted octanol–water partition coefficient (Wildman–Crippen LogP) is 25.0. The molecule has 0 spiro atoms. The first kappa shape index (κ1) is 58.6. The van der Waals surface area contributed by atoms with Crippen molar-refractivity contribution in [3.63, 3.8) is 0 Å². The molecule has 21 aromatic rings. The molecule has 0 saturated carbocycles. The van der Waals surface area contributed by atoms with E-state index in [2.05, 4.69) is 270 Å². The molecular formula is C91H59N5O2. The van der Waals surface area contributed by atoms with E-state index in [0.717, 1.165) is 110 Å². The van der Waals surface area contributed by atoms with Gasteiger partial charge < -0.3 is 8.83 Å². The number of hydrogen-bond donors (Lipinski definition) is 0. The van der Waals surface area contributed by atoms with Crippen LogP contribution in [0.5, 0.6) is 0 Å². The number of hydrogen-bond acceptors (Lipinski definition) is 7. The molecule has 0 atom stereocenters. The van der Waals surface area contributed by atoms with Crippen LogP contribution in [-0.2, 0) is 0 Å². The number of nitrogens with zero attached hydrogens (tertiary/aromatic N) is 5. The quantitative estimate of drug-likeness (QED) is 0.129. The Labute approximate surface area is 563 Å². The second kappa shape index (κ2) is 25.6. The van der Waals surface area contributed by atoms with Gasteiger partial charge in [-0.3, -0.25) is 19.9 Å². The van der Waals surface area contributed by atoms with E-state index in [0.29, 0.717) is 0 Å². The van der Waals surface area contributed by atoms with Crippen LogP contribution < -0.4 is 0 Å². The summed E-state index contributed by atoms with van der Waals surface area (Å²) < 4.78 is 12.5. The fraction of sp³-hybridized carbons (Fsp3) is 0. The molecule has 0 amide bonds. The van der Waals surface area contributed by atoms with Crippen LogP contribution in [0, 0.1) is 0 Å². The SMILES string of the molecule is C=Nc1cc2ccccc2c2ccccc12.c1ccc(-c2c3oc4ccccc4c3cc3oc4ccccc4c23)cc1.c1ccc(-c2cnc3c4ccccc4c4ccccc4c3n2)cc1.c1ccc2c(c1)c1ccccc1c1nccnc21.c1ccc2c(c1)ccc1ccccc12. The highest BCUT2D eigenvalue weighted by Crippen LogP contribution is 2.45. The van der Waals surface area contributed by atoms with E-state index >= 15 is 0 Å². The summed E-state index contributed by atoms with van der Waals surface area (Å²) in [5.41, 5.74) is 12.7. The molecule has 0 unspecified atom stereocenters. The molecule has 0 N–H and O–H groups in total. The monoisotopic (exact) mass is 1250 g/mol. The van der Waals surface area contributed by atoms with Gasteiger partial charge >= 0.3 is 0 Å². The number of fused-ring (bicyclic) bond motifs is 24. The number of furan rings is 2. The third kappa shape index (κ3) is 10.7. The van der Waals surface area contributed by atoms with Crippen LogP contribution in [0.4, 0.5) is 5.69 Å². The number of rotatable bonds is 3. The van der Waals surface area contributed by atoms with Crippen molar-refractivity contribution in [3.05, 3.63) is 346 Å². The highest BCUT2D eigenvalue weighted by molar-refractivity contribution is 6.26. The molecule has 21 rings (SSSR count). The smallest absolute Gasteiger partial charge is 0.144 e. The lowest BCUT2D eigenvalue weighted by Crippen LogP contribution is -1.91. The maximum Gasteiger partial charge on any atom is 0.144 e. The zero-order valence-electron chi connectivity index (χ0n) is 53.2. The second-order valence-electron chi connectivity index (χ2n) is 24.1. The Morgan fingerprint density at radius 1 is 0.265 bits per heavy atom. The lowest BCUT2D eigenvalue weighted by molar-refractivity contribution is 0.664. The van der Waals surface area contributed by atoms with Crippen LogP contribution in [0.25, 0.3) is 175 Å². The van der Waals surface area contributed by atoms with Crippen LogP contribution in [0.1, 0.15) is 0 Å². The molecule has 0 bridgehead atoms. The average molecular weight is 1250 g/mol. The fourth-order valence-electron chi connectivity index (χ4n) is 14.0. The van der Waals surface area contributed by atoms with Gasteiger partial charge in [-0.15, -0.1) is 0 Å². The minimum Gasteiger partial charge on any atom is -0.456 e. The van der Waals surface area contributed by atoms with Gasteiger partial charge in [0.1, 0.15) is 22.3 Å². The third-order valence-corrected chi connectivity index (χ3v) is 18.5. The van der Waals surface area contributed by atoms with Crippen LogP contribution in [0.2, 0.25) is 0 Å². The van der Waals surface area contributed by atoms with Crippen molar-refractivity contribution in [2.75, 3.05) is 0 Å². The van der Waals surface area contributed by atoms with E-state index in [1.54, 1.807) is 12.4 Å². The summed E-state index contributed by atoms with van der Waals surface area (Å²) in [6, 6.07) is 113. The van der Waals surface area contributed by atoms with Gasteiger partial charge in [-0.1, -0.05) is 303 Å². The summed E-state index contributed by atoms with van der Waals surface area (Å²) in [6.45, 7) is 3.64. The molecule has 0 aliphatic carbocycles. The topological polar surface area (TPSA) is 90.2 Å². The number of aromatic nitrogens is 4. The van der Waals surface area contributed by atoms with E-state index in [1.165, 1.54) is 70.0 Å². The van der Waals surface area contributed by atoms with Gasteiger partial charge in [-0.25, -0.2) is 4.98 Å². The van der Waals surface area contributed by atoms with Crippen LogP contribution in [-0.4, -0.2) is 26.7 Å². The molecule has 7 nitrogen and oxygen atoms in total. The van der Waals surface area contributed by atoms with Crippen molar-refractivity contribution in [3.8, 4) is 22.4 Å². The standard InChI is InChI=1S/C24H14O2.C22H14N2.C16H10N2.C15H11N.C14H10/c1-2-8-15(9-3-1)22-23-17-11-5-7-13-20(17)25-21(23)14-18-16-10-4-6-12-19(16)26-24(18)22;1-2-8-15(9-3-1)20-14-23-21-18-12-6-4-10-16(18)17-11-5-7-13-19(17)22(21)24-20;1-3-7-13-11(5-1)12-6-2-4-8-14(12)16-15(13)17-9-10-18-16;1-16-15-10-11-6-2-3-7-12(11)13-8-4-5-9-14(13)15;1-3-7-13-11(5-1)9-10-12-6-2-4-8-14(12)13/h1-14H;1-14H;1-10H;2-10H,1H2;1-10H. The zero-order chi connectivity index (χ0) is 65.3. The van der Waals surface area contributed by atoms with E-state index in [4.69, 9.17) is 18.8 Å². The van der Waals surface area contributed by atoms with Crippen molar-refractivity contribution in [2.24, 2.45) is 4.99 Å². The average Bonchev–Trinajstić information content (AvgIpc) is 1.44. The van der Waals surface area contributed by atoms with Gasteiger partial charge in [-0.05, 0) is 95.8 Å². The maximum atomic E-state index is 6.32. The van der Waals surface area contributed by atoms with E-state index in [9.17, 15) is 0 Å². The Hall–Kier alpha value is -13.2. The molecule has 460 valence electrons. The summed E-state index contributed by atoms with van der Waals surface area (Å²) in [5, 5.41) is 24.2. The zero-order valence-corrected chi connectivity index (χ0v) is 53.2. The molecule has 0 saturated heterocycles. The second-order valence-corrected chi connectivity index (χ2v) is 24.1. The number of para-hydroxylation sites is 2. The lowest BCUT2D eigenvalue weighted by Gasteiger charge is -2.10. The largest absolute Gasteiger partial charge is 0.456 e. The van der Waals surface area contributed by atoms with Gasteiger partial charge in [-0.2, -0.15) is 0 Å². The van der Waals surface area contributed by atoms with E-state index in [-0.39, 0.29) is 0 Å². The van der Waals surface area contributed by atoms with Gasteiger partial charge in [0.2, 0.25) is 0 Å². The lowest BCUT2D eigenvalue weighted by atomic mass is 9.96. The van der Waals surface area contributed by atoms with Crippen LogP contribution in [0.3, 0.4) is 0 Å². The minimum absolute atomic E-state index is 0.893. The Kier molecular flexibility index (Phi) is 15.3. The fourth-order valence-corrected chi connectivity index (χ4v) is 14.0. The molecular weight excluding hydrogens is 1200 g/mol. The Morgan fingerprint density at radius 3 is 1.16 bits per heavy atom. The van der Waals surface area contributed by atoms with Gasteiger partial charge in [0.25, 0.3) is 0 Å². The van der Waals surface area contributed by atoms with Crippen molar-refractivity contribution in [1.82, 2.24) is 19.9 Å². The van der Waals surface area contributed by atoms with Gasteiger partial charge in [0, 0.05) is 72.0 Å². The molecule has 4 aromatic heterocycles. The molecule has 98 heavy (non-hydrogen) atoms. The Morgan fingerprint density at radius 2 is 0.643 bits per heavy atom. The van der Waals surface area contributed by atoms with Gasteiger partial charge in [0.15, 0.2) is 0 Å². The Bertz CT molecular complexity index is 6280. The summed E-state index contributed by atoms with van der Waals surface area (Å²) in [6.07, 6.45) is 5.38. The van der Waals surface area contributed by atoms with Crippen molar-refractivity contribution in [2.45, 2.75) is 0 Å². The first-order valence-electron chi connectivity index (χ1n) is 32.8.